The fraction of sp³-hybridized carbons (Fsp3) is 1.00. The Labute approximate surface area is 81.8 Å². The van der Waals surface area contributed by atoms with E-state index in [4.69, 9.17) is 0 Å². The van der Waals surface area contributed by atoms with Gasteiger partial charge in [0.25, 0.3) is 0 Å². The number of nitrogens with one attached hydrogen (secondary N) is 1. The van der Waals surface area contributed by atoms with Crippen LogP contribution in [0.15, 0.2) is 0 Å². The maximum atomic E-state index is 10.8. The van der Waals surface area contributed by atoms with E-state index in [0.717, 1.165) is 25.7 Å². The van der Waals surface area contributed by atoms with Gasteiger partial charge in [-0.05, 0) is 26.3 Å². The first-order chi connectivity index (χ1) is 5.99. The molecule has 0 aliphatic carbocycles. The Morgan fingerprint density at radius 1 is 1.31 bits per heavy atom. The molecule has 0 aromatic heterocycles. The van der Waals surface area contributed by atoms with Crippen molar-refractivity contribution in [2.24, 2.45) is 0 Å². The lowest BCUT2D eigenvalue weighted by Crippen LogP contribution is -2.24. The topological polar surface area (TPSA) is 46.2 Å². The van der Waals surface area contributed by atoms with Gasteiger partial charge in [0.2, 0.25) is 0 Å². The molecule has 0 amide bonds. The molecule has 80 valence electrons. The lowest BCUT2D eigenvalue weighted by molar-refractivity contribution is 0.487. The summed E-state index contributed by atoms with van der Waals surface area (Å²) in [6, 6.07) is 0.541. The first-order valence-electron chi connectivity index (χ1n) is 4.84. The molecule has 1 unspecified atom stereocenters. The number of rotatable bonds is 7. The highest BCUT2D eigenvalue weighted by molar-refractivity contribution is 7.90. The molecule has 0 radical (unpaired) electrons. The fourth-order valence-electron chi connectivity index (χ4n) is 1.31. The maximum Gasteiger partial charge on any atom is 0.147 e. The van der Waals surface area contributed by atoms with E-state index >= 15 is 0 Å². The van der Waals surface area contributed by atoms with Crippen molar-refractivity contribution in [2.45, 2.75) is 38.6 Å². The monoisotopic (exact) mass is 207 g/mol. The van der Waals surface area contributed by atoms with Gasteiger partial charge in [-0.25, -0.2) is 8.42 Å². The Hall–Kier alpha value is -0.0900. The van der Waals surface area contributed by atoms with Crippen LogP contribution in [-0.2, 0) is 9.84 Å². The normalized spacial score (nSPS) is 14.4. The van der Waals surface area contributed by atoms with E-state index in [1.54, 1.807) is 0 Å². The van der Waals surface area contributed by atoms with Gasteiger partial charge >= 0.3 is 0 Å². The summed E-state index contributed by atoms with van der Waals surface area (Å²) in [4.78, 5) is 0. The van der Waals surface area contributed by atoms with Crippen LogP contribution in [0.25, 0.3) is 0 Å². The second kappa shape index (κ2) is 6.38. The zero-order chi connectivity index (χ0) is 10.3. The molecule has 13 heavy (non-hydrogen) atoms. The predicted molar refractivity (Wildman–Crippen MR) is 56.7 cm³/mol. The van der Waals surface area contributed by atoms with Crippen molar-refractivity contribution < 1.29 is 8.42 Å². The summed E-state index contributed by atoms with van der Waals surface area (Å²) in [5.74, 6) is 0.327. The van der Waals surface area contributed by atoms with Crippen molar-refractivity contribution in [2.75, 3.05) is 19.1 Å². The Morgan fingerprint density at radius 2 is 1.92 bits per heavy atom. The minimum atomic E-state index is -2.76. The highest BCUT2D eigenvalue weighted by Crippen LogP contribution is 2.04. The van der Waals surface area contributed by atoms with E-state index < -0.39 is 9.84 Å². The summed E-state index contributed by atoms with van der Waals surface area (Å²) in [7, 11) is -0.807. The summed E-state index contributed by atoms with van der Waals surface area (Å²) in [5, 5.41) is 3.20. The van der Waals surface area contributed by atoms with Crippen molar-refractivity contribution in [3.05, 3.63) is 0 Å². The van der Waals surface area contributed by atoms with Gasteiger partial charge in [0, 0.05) is 18.1 Å². The molecule has 0 aromatic rings. The third kappa shape index (κ3) is 8.25. The standard InChI is InChI=1S/C9H21NO2S/c1-4-9(10-2)7-5-6-8-13(3,11)12/h9-10H,4-8H2,1-3H3. The molecule has 0 saturated carbocycles. The second-order valence-electron chi connectivity index (χ2n) is 3.52. The molecule has 0 aromatic carbocycles. The van der Waals surface area contributed by atoms with Crippen molar-refractivity contribution in [1.82, 2.24) is 5.32 Å². The Kier molecular flexibility index (Phi) is 6.33. The van der Waals surface area contributed by atoms with Crippen LogP contribution < -0.4 is 5.32 Å². The number of hydrogen-bond acceptors (Lipinski definition) is 3. The molecule has 0 fully saturated rings. The average Bonchev–Trinajstić information content (AvgIpc) is 2.03. The zero-order valence-corrected chi connectivity index (χ0v) is 9.65. The van der Waals surface area contributed by atoms with E-state index in [1.165, 1.54) is 6.26 Å². The van der Waals surface area contributed by atoms with Gasteiger partial charge in [-0.3, -0.25) is 0 Å². The summed E-state index contributed by atoms with van der Waals surface area (Å²) < 4.78 is 21.6. The van der Waals surface area contributed by atoms with Crippen molar-refractivity contribution >= 4 is 9.84 Å². The smallest absolute Gasteiger partial charge is 0.147 e. The van der Waals surface area contributed by atoms with E-state index in [2.05, 4.69) is 12.2 Å². The van der Waals surface area contributed by atoms with E-state index in [0.29, 0.717) is 11.8 Å². The molecule has 1 atom stereocenters. The molecule has 1 N–H and O–H groups in total. The lowest BCUT2D eigenvalue weighted by Gasteiger charge is -2.12. The lowest BCUT2D eigenvalue weighted by atomic mass is 10.1. The molecule has 0 bridgehead atoms. The first kappa shape index (κ1) is 12.9. The van der Waals surface area contributed by atoms with Gasteiger partial charge in [0.1, 0.15) is 9.84 Å². The Balaban J connectivity index is 3.45. The summed E-state index contributed by atoms with van der Waals surface area (Å²) in [5.41, 5.74) is 0. The van der Waals surface area contributed by atoms with Gasteiger partial charge in [0.05, 0.1) is 0 Å². The molecule has 0 saturated heterocycles. The van der Waals surface area contributed by atoms with Gasteiger partial charge in [0.15, 0.2) is 0 Å². The minimum absolute atomic E-state index is 0.327. The van der Waals surface area contributed by atoms with Crippen LogP contribution in [0.5, 0.6) is 0 Å². The maximum absolute atomic E-state index is 10.8. The number of hydrogen-bond donors (Lipinski definition) is 1. The molecular weight excluding hydrogens is 186 g/mol. The molecule has 3 nitrogen and oxygen atoms in total. The fourth-order valence-corrected chi connectivity index (χ4v) is 2.04. The quantitative estimate of drug-likeness (QED) is 0.638. The largest absolute Gasteiger partial charge is 0.317 e. The Bertz CT molecular complexity index is 208. The predicted octanol–water partition coefficient (Wildman–Crippen LogP) is 1.20. The van der Waals surface area contributed by atoms with Crippen LogP contribution in [0.4, 0.5) is 0 Å². The molecule has 0 rings (SSSR count). The zero-order valence-electron chi connectivity index (χ0n) is 8.84. The first-order valence-corrected chi connectivity index (χ1v) is 6.90. The molecule has 0 heterocycles. The van der Waals surface area contributed by atoms with E-state index in [9.17, 15) is 8.42 Å². The van der Waals surface area contributed by atoms with Crippen molar-refractivity contribution in [1.29, 1.82) is 0 Å². The number of sulfone groups is 1. The van der Waals surface area contributed by atoms with Crippen LogP contribution >= 0.6 is 0 Å². The average molecular weight is 207 g/mol. The van der Waals surface area contributed by atoms with Gasteiger partial charge < -0.3 is 5.32 Å². The van der Waals surface area contributed by atoms with Crippen LogP contribution in [0.1, 0.15) is 32.6 Å². The SMILES string of the molecule is CCC(CCCCS(C)(=O)=O)NC. The van der Waals surface area contributed by atoms with Crippen molar-refractivity contribution in [3.63, 3.8) is 0 Å². The van der Waals surface area contributed by atoms with Crippen molar-refractivity contribution in [3.8, 4) is 0 Å². The molecule has 0 aliphatic heterocycles. The molecule has 0 spiro atoms. The van der Waals surface area contributed by atoms with E-state index in [1.807, 2.05) is 7.05 Å². The van der Waals surface area contributed by atoms with Gasteiger partial charge in [-0.15, -0.1) is 0 Å². The van der Waals surface area contributed by atoms with Crippen LogP contribution in [0.2, 0.25) is 0 Å². The van der Waals surface area contributed by atoms with Crippen LogP contribution in [0, 0.1) is 0 Å². The minimum Gasteiger partial charge on any atom is -0.317 e. The van der Waals surface area contributed by atoms with Crippen LogP contribution in [0.3, 0.4) is 0 Å². The third-order valence-electron chi connectivity index (χ3n) is 2.22. The third-order valence-corrected chi connectivity index (χ3v) is 3.25. The highest BCUT2D eigenvalue weighted by Gasteiger charge is 2.04. The van der Waals surface area contributed by atoms with Gasteiger partial charge in [-0.2, -0.15) is 0 Å². The summed E-state index contributed by atoms with van der Waals surface area (Å²) in [6.45, 7) is 2.14. The molecule has 4 heteroatoms. The Morgan fingerprint density at radius 3 is 2.31 bits per heavy atom. The van der Waals surface area contributed by atoms with Crippen LogP contribution in [-0.4, -0.2) is 33.5 Å². The highest BCUT2D eigenvalue weighted by atomic mass is 32.2. The molecule has 0 aliphatic rings. The second-order valence-corrected chi connectivity index (χ2v) is 5.78. The summed E-state index contributed by atoms with van der Waals surface area (Å²) >= 11 is 0. The summed E-state index contributed by atoms with van der Waals surface area (Å²) in [6.07, 6.45) is 5.25. The number of unbranched alkanes of at least 4 members (excludes halogenated alkanes) is 1. The van der Waals surface area contributed by atoms with E-state index in [-0.39, 0.29) is 0 Å². The molecular formula is C9H21NO2S. The van der Waals surface area contributed by atoms with Gasteiger partial charge in [-0.1, -0.05) is 13.3 Å².